The van der Waals surface area contributed by atoms with Crippen LogP contribution in [0.2, 0.25) is 0 Å². The second-order valence-electron chi connectivity index (χ2n) is 4.26. The molecule has 2 heterocycles. The molecule has 0 N–H and O–H groups in total. The van der Waals surface area contributed by atoms with Crippen LogP contribution in [0.1, 0.15) is 10.9 Å². The number of ether oxygens (including phenoxy) is 2. The van der Waals surface area contributed by atoms with E-state index in [1.165, 1.54) is 11.3 Å². The molecular weight excluding hydrogens is 310 g/mol. The van der Waals surface area contributed by atoms with Gasteiger partial charge in [-0.25, -0.2) is 0 Å². The van der Waals surface area contributed by atoms with Crippen molar-refractivity contribution >= 4 is 34.1 Å². The lowest BCUT2D eigenvalue weighted by atomic mass is 10.1. The summed E-state index contributed by atoms with van der Waals surface area (Å²) in [5, 5.41) is 8.27. The summed E-state index contributed by atoms with van der Waals surface area (Å²) in [7, 11) is 3.21. The first-order valence-corrected chi connectivity index (χ1v) is 8.09. The van der Waals surface area contributed by atoms with Gasteiger partial charge in [0.1, 0.15) is 22.4 Å². The highest BCUT2D eigenvalue weighted by molar-refractivity contribution is 8.00. The number of methoxy groups -OCH3 is 2. The third-order valence-corrected chi connectivity index (χ3v) is 5.01. The fourth-order valence-electron chi connectivity index (χ4n) is 2.16. The van der Waals surface area contributed by atoms with Crippen LogP contribution in [0.25, 0.3) is 0 Å². The zero-order valence-corrected chi connectivity index (χ0v) is 13.1. The van der Waals surface area contributed by atoms with Gasteiger partial charge in [0, 0.05) is 11.6 Å². The number of hydrogen-bond donors (Lipinski definition) is 0. The highest BCUT2D eigenvalue weighted by atomic mass is 32.2. The predicted molar refractivity (Wildman–Crippen MR) is 82.1 cm³/mol. The molecule has 0 bridgehead atoms. The molecule has 1 atom stereocenters. The summed E-state index contributed by atoms with van der Waals surface area (Å²) in [6, 6.07) is 5.60. The summed E-state index contributed by atoms with van der Waals surface area (Å²) in [6.07, 6.45) is 0. The van der Waals surface area contributed by atoms with Crippen molar-refractivity contribution in [2.24, 2.45) is 0 Å². The average Bonchev–Trinajstić information content (AvgIpc) is 3.15. The van der Waals surface area contributed by atoms with Crippen molar-refractivity contribution in [1.29, 1.82) is 0 Å². The highest BCUT2D eigenvalue weighted by Crippen LogP contribution is 2.45. The van der Waals surface area contributed by atoms with Crippen LogP contribution in [0.15, 0.2) is 23.7 Å². The lowest BCUT2D eigenvalue weighted by molar-refractivity contribution is -0.115. The molecule has 1 amide bonds. The predicted octanol–water partition coefficient (Wildman–Crippen LogP) is 2.33. The van der Waals surface area contributed by atoms with E-state index in [0.717, 1.165) is 5.56 Å². The quantitative estimate of drug-likeness (QED) is 0.860. The van der Waals surface area contributed by atoms with Crippen LogP contribution in [0.3, 0.4) is 0 Å². The molecule has 0 saturated carbocycles. The van der Waals surface area contributed by atoms with Crippen molar-refractivity contribution in [2.45, 2.75) is 5.37 Å². The minimum Gasteiger partial charge on any atom is -0.497 e. The van der Waals surface area contributed by atoms with Crippen molar-refractivity contribution in [3.05, 3.63) is 29.3 Å². The summed E-state index contributed by atoms with van der Waals surface area (Å²) in [5.41, 5.74) is 2.54. The van der Waals surface area contributed by atoms with Crippen molar-refractivity contribution in [3.63, 3.8) is 0 Å². The number of carbonyl (C=O) groups excluding carboxylic acids is 1. The molecule has 1 aliphatic rings. The Morgan fingerprint density at radius 3 is 2.86 bits per heavy atom. The smallest absolute Gasteiger partial charge is 0.240 e. The SMILES string of the molecule is COc1ccc([C@H]2SCC(=O)N2c2nncs2)c(OC)c1. The first-order valence-electron chi connectivity index (χ1n) is 6.16. The van der Waals surface area contributed by atoms with Crippen LogP contribution in [0, 0.1) is 0 Å². The second-order valence-corrected chi connectivity index (χ2v) is 6.14. The van der Waals surface area contributed by atoms with Gasteiger partial charge in [-0.1, -0.05) is 11.3 Å². The Balaban J connectivity index is 2.01. The maximum Gasteiger partial charge on any atom is 0.240 e. The van der Waals surface area contributed by atoms with Gasteiger partial charge in [-0.15, -0.1) is 22.0 Å². The summed E-state index contributed by atoms with van der Waals surface area (Å²) in [5.74, 6) is 1.85. The number of thioether (sulfide) groups is 1. The molecule has 6 nitrogen and oxygen atoms in total. The lowest BCUT2D eigenvalue weighted by Gasteiger charge is -2.23. The lowest BCUT2D eigenvalue weighted by Crippen LogP contribution is -2.27. The maximum atomic E-state index is 12.2. The minimum atomic E-state index is -0.161. The molecule has 8 heteroatoms. The fraction of sp³-hybridized carbons (Fsp3) is 0.308. The third kappa shape index (κ3) is 2.56. The molecule has 1 aliphatic heterocycles. The number of carbonyl (C=O) groups is 1. The van der Waals surface area contributed by atoms with Gasteiger partial charge in [0.2, 0.25) is 11.0 Å². The third-order valence-electron chi connectivity index (χ3n) is 3.13. The Morgan fingerprint density at radius 2 is 2.19 bits per heavy atom. The van der Waals surface area contributed by atoms with Gasteiger partial charge in [0.05, 0.1) is 20.0 Å². The number of aromatic nitrogens is 2. The van der Waals surface area contributed by atoms with Gasteiger partial charge in [0.15, 0.2) is 0 Å². The maximum absolute atomic E-state index is 12.2. The molecule has 1 fully saturated rings. The van der Waals surface area contributed by atoms with Gasteiger partial charge < -0.3 is 9.47 Å². The Labute approximate surface area is 130 Å². The molecule has 0 spiro atoms. The zero-order chi connectivity index (χ0) is 14.8. The Kier molecular flexibility index (Phi) is 3.98. The van der Waals surface area contributed by atoms with Gasteiger partial charge >= 0.3 is 0 Å². The number of nitrogens with zero attached hydrogens (tertiary/aromatic N) is 3. The molecule has 1 saturated heterocycles. The Bertz CT molecular complexity index is 648. The molecule has 2 aromatic rings. The standard InChI is InChI=1S/C13H13N3O3S2/c1-18-8-3-4-9(10(5-8)19-2)12-16(11(17)6-20-12)13-15-14-7-21-13/h3-5,7,12H,6H2,1-2H3/t12-/m1/s1. The van der Waals surface area contributed by atoms with Crippen molar-refractivity contribution in [1.82, 2.24) is 10.2 Å². The Morgan fingerprint density at radius 1 is 1.33 bits per heavy atom. The number of benzene rings is 1. The molecule has 0 radical (unpaired) electrons. The molecule has 0 unspecified atom stereocenters. The number of rotatable bonds is 4. The fourth-order valence-corrected chi connectivity index (χ4v) is 4.01. The zero-order valence-electron chi connectivity index (χ0n) is 11.5. The second kappa shape index (κ2) is 5.90. The van der Waals surface area contributed by atoms with Crippen molar-refractivity contribution in [3.8, 4) is 11.5 Å². The molecule has 21 heavy (non-hydrogen) atoms. The van der Waals surface area contributed by atoms with Crippen LogP contribution >= 0.6 is 23.1 Å². The van der Waals surface area contributed by atoms with E-state index in [2.05, 4.69) is 10.2 Å². The Hall–Kier alpha value is -1.80. The van der Waals surface area contributed by atoms with Crippen molar-refractivity contribution < 1.29 is 14.3 Å². The van der Waals surface area contributed by atoms with E-state index in [0.29, 0.717) is 22.4 Å². The topological polar surface area (TPSA) is 64.5 Å². The van der Waals surface area contributed by atoms with Crippen LogP contribution in [0.4, 0.5) is 5.13 Å². The molecule has 1 aromatic carbocycles. The van der Waals surface area contributed by atoms with Crippen LogP contribution < -0.4 is 14.4 Å². The first-order chi connectivity index (χ1) is 10.2. The minimum absolute atomic E-state index is 0.0274. The van der Waals surface area contributed by atoms with E-state index < -0.39 is 0 Å². The summed E-state index contributed by atoms with van der Waals surface area (Å²) >= 11 is 2.89. The van der Waals surface area contributed by atoms with E-state index in [1.807, 2.05) is 18.2 Å². The summed E-state index contributed by atoms with van der Waals surface area (Å²) in [6.45, 7) is 0. The molecule has 1 aromatic heterocycles. The number of amides is 1. The molecular formula is C13H13N3O3S2. The molecule has 110 valence electrons. The van der Waals surface area contributed by atoms with E-state index in [4.69, 9.17) is 9.47 Å². The average molecular weight is 323 g/mol. The van der Waals surface area contributed by atoms with Gasteiger partial charge in [-0.2, -0.15) is 0 Å². The largest absolute Gasteiger partial charge is 0.497 e. The van der Waals surface area contributed by atoms with Crippen molar-refractivity contribution in [2.75, 3.05) is 24.9 Å². The van der Waals surface area contributed by atoms with Gasteiger partial charge in [0.25, 0.3) is 0 Å². The normalized spacial score (nSPS) is 18.1. The van der Waals surface area contributed by atoms with Crippen LogP contribution in [-0.4, -0.2) is 36.1 Å². The van der Waals surface area contributed by atoms with E-state index in [1.54, 1.807) is 36.4 Å². The van der Waals surface area contributed by atoms with E-state index >= 15 is 0 Å². The van der Waals surface area contributed by atoms with Crippen LogP contribution in [0.5, 0.6) is 11.5 Å². The monoisotopic (exact) mass is 323 g/mol. The number of anilines is 1. The van der Waals surface area contributed by atoms with Crippen LogP contribution in [-0.2, 0) is 4.79 Å². The summed E-state index contributed by atoms with van der Waals surface area (Å²) in [4.78, 5) is 13.8. The van der Waals surface area contributed by atoms with Gasteiger partial charge in [-0.3, -0.25) is 9.69 Å². The molecule has 3 rings (SSSR count). The van der Waals surface area contributed by atoms with E-state index in [-0.39, 0.29) is 11.3 Å². The highest BCUT2D eigenvalue weighted by Gasteiger charge is 2.37. The van der Waals surface area contributed by atoms with E-state index in [9.17, 15) is 4.79 Å². The first kappa shape index (κ1) is 14.2. The van der Waals surface area contributed by atoms with Gasteiger partial charge in [-0.05, 0) is 12.1 Å². The summed E-state index contributed by atoms with van der Waals surface area (Å²) < 4.78 is 10.6. The molecule has 0 aliphatic carbocycles. The number of hydrogen-bond acceptors (Lipinski definition) is 7.